The quantitative estimate of drug-likeness (QED) is 0.679. The molecule has 1 saturated heterocycles. The summed E-state index contributed by atoms with van der Waals surface area (Å²) < 4.78 is 60.8. The molecular formula is C22H27F2N3O4S. The Morgan fingerprint density at radius 2 is 1.72 bits per heavy atom. The Hall–Kier alpha value is -2.56. The zero-order valence-corrected chi connectivity index (χ0v) is 19.1. The molecule has 7 nitrogen and oxygen atoms in total. The summed E-state index contributed by atoms with van der Waals surface area (Å²) in [4.78, 5) is 12.8. The van der Waals surface area contributed by atoms with Crippen LogP contribution >= 0.6 is 0 Å². The summed E-state index contributed by atoms with van der Waals surface area (Å²) in [6.45, 7) is 0.398. The van der Waals surface area contributed by atoms with E-state index in [1.54, 1.807) is 24.3 Å². The number of amides is 1. The normalized spacial score (nSPS) is 16.7. The van der Waals surface area contributed by atoms with E-state index in [2.05, 4.69) is 5.32 Å². The molecule has 1 aliphatic heterocycles. The van der Waals surface area contributed by atoms with Crippen LogP contribution in [0.25, 0.3) is 0 Å². The number of piperidine rings is 1. The first-order chi connectivity index (χ1) is 15.1. The number of benzene rings is 2. The molecule has 2 aromatic carbocycles. The lowest BCUT2D eigenvalue weighted by Crippen LogP contribution is -2.52. The van der Waals surface area contributed by atoms with Crippen molar-refractivity contribution in [3.05, 3.63) is 65.2 Å². The summed E-state index contributed by atoms with van der Waals surface area (Å²) >= 11 is 0. The number of hydrogen-bond acceptors (Lipinski definition) is 4. The van der Waals surface area contributed by atoms with Gasteiger partial charge in [-0.1, -0.05) is 12.1 Å². The van der Waals surface area contributed by atoms with Crippen LogP contribution in [0, 0.1) is 11.6 Å². The fraction of sp³-hybridized carbons (Fsp3) is 0.409. The molecule has 0 radical (unpaired) electrons. The fourth-order valence-electron chi connectivity index (χ4n) is 3.98. The molecule has 3 rings (SSSR count). The highest BCUT2D eigenvalue weighted by atomic mass is 32.2. The number of nitrogens with zero attached hydrogens (tertiary/aromatic N) is 2. The SMILES string of the molecule is COc1ccccc1C(=O)NCC1(c2cc(F)cc(F)c2)CCN(S(=O)(=O)N(C)C)CC1. The molecule has 0 atom stereocenters. The second-order valence-electron chi connectivity index (χ2n) is 8.01. The van der Waals surface area contributed by atoms with Gasteiger partial charge in [0.1, 0.15) is 17.4 Å². The van der Waals surface area contributed by atoms with Gasteiger partial charge in [-0.2, -0.15) is 17.0 Å². The fourth-order valence-corrected chi connectivity index (χ4v) is 5.09. The van der Waals surface area contributed by atoms with Crippen molar-refractivity contribution >= 4 is 16.1 Å². The first-order valence-electron chi connectivity index (χ1n) is 10.1. The lowest BCUT2D eigenvalue weighted by atomic mass is 9.73. The summed E-state index contributed by atoms with van der Waals surface area (Å²) in [5.41, 5.74) is -0.112. The molecule has 0 aliphatic carbocycles. The van der Waals surface area contributed by atoms with E-state index >= 15 is 0 Å². The average molecular weight is 468 g/mol. The standard InChI is InChI=1S/C22H27F2N3O4S/c1-26(2)32(29,30)27-10-8-22(9-11-27,16-12-17(23)14-18(24)13-16)15-25-21(28)19-6-4-5-7-20(19)31-3/h4-7,12-14H,8-11,15H2,1-3H3,(H,25,28). The number of para-hydroxylation sites is 1. The van der Waals surface area contributed by atoms with Crippen molar-refractivity contribution in [2.75, 3.05) is 40.8 Å². The lowest BCUT2D eigenvalue weighted by molar-refractivity contribution is 0.0929. The van der Waals surface area contributed by atoms with E-state index in [-0.39, 0.29) is 38.4 Å². The van der Waals surface area contributed by atoms with Gasteiger partial charge in [-0.05, 0) is 42.7 Å². The van der Waals surface area contributed by atoms with Crippen molar-refractivity contribution in [3.8, 4) is 5.75 Å². The number of rotatable bonds is 7. The van der Waals surface area contributed by atoms with E-state index < -0.39 is 27.3 Å². The molecule has 32 heavy (non-hydrogen) atoms. The third-order valence-corrected chi connectivity index (χ3v) is 7.82. The molecule has 1 amide bonds. The van der Waals surface area contributed by atoms with Crippen LogP contribution in [0.5, 0.6) is 5.75 Å². The van der Waals surface area contributed by atoms with Crippen LogP contribution in [0.1, 0.15) is 28.8 Å². The van der Waals surface area contributed by atoms with E-state index in [4.69, 9.17) is 4.74 Å². The molecule has 1 aliphatic rings. The Morgan fingerprint density at radius 1 is 1.12 bits per heavy atom. The van der Waals surface area contributed by atoms with E-state index in [0.29, 0.717) is 16.9 Å². The first kappa shape index (κ1) is 24.1. The van der Waals surface area contributed by atoms with Gasteiger partial charge >= 0.3 is 0 Å². The van der Waals surface area contributed by atoms with Crippen molar-refractivity contribution in [2.24, 2.45) is 0 Å². The van der Waals surface area contributed by atoms with Gasteiger partial charge in [0.15, 0.2) is 0 Å². The van der Waals surface area contributed by atoms with Crippen LogP contribution in [-0.4, -0.2) is 63.8 Å². The van der Waals surface area contributed by atoms with Crippen LogP contribution in [0.4, 0.5) is 8.78 Å². The Kier molecular flexibility index (Phi) is 7.16. The smallest absolute Gasteiger partial charge is 0.281 e. The monoisotopic (exact) mass is 467 g/mol. The molecule has 0 unspecified atom stereocenters. The van der Waals surface area contributed by atoms with Crippen molar-refractivity contribution < 1.29 is 26.7 Å². The maximum absolute atomic E-state index is 14.0. The topological polar surface area (TPSA) is 79.0 Å². The lowest BCUT2D eigenvalue weighted by Gasteiger charge is -2.42. The zero-order chi connectivity index (χ0) is 23.5. The summed E-state index contributed by atoms with van der Waals surface area (Å²) in [6, 6.07) is 10.0. The van der Waals surface area contributed by atoms with Gasteiger partial charge in [-0.25, -0.2) is 8.78 Å². The molecule has 0 saturated carbocycles. The first-order valence-corrected chi connectivity index (χ1v) is 11.5. The predicted molar refractivity (Wildman–Crippen MR) is 117 cm³/mol. The number of halogens is 2. The molecule has 174 valence electrons. The van der Waals surface area contributed by atoms with Gasteiger partial charge < -0.3 is 10.1 Å². The molecule has 0 aromatic heterocycles. The van der Waals surface area contributed by atoms with E-state index in [1.807, 2.05) is 0 Å². The number of nitrogens with one attached hydrogen (secondary N) is 1. The summed E-state index contributed by atoms with van der Waals surface area (Å²) in [5.74, 6) is -1.43. The maximum atomic E-state index is 14.0. The van der Waals surface area contributed by atoms with Crippen LogP contribution in [0.15, 0.2) is 42.5 Å². The Bertz CT molecular complexity index is 1060. The van der Waals surface area contributed by atoms with Crippen molar-refractivity contribution in [2.45, 2.75) is 18.3 Å². The van der Waals surface area contributed by atoms with Crippen LogP contribution < -0.4 is 10.1 Å². The van der Waals surface area contributed by atoms with Gasteiger partial charge in [0.05, 0.1) is 12.7 Å². The minimum atomic E-state index is -3.62. The van der Waals surface area contributed by atoms with Gasteiger partial charge in [-0.15, -0.1) is 0 Å². The van der Waals surface area contributed by atoms with Gasteiger partial charge in [-0.3, -0.25) is 4.79 Å². The van der Waals surface area contributed by atoms with Crippen molar-refractivity contribution in [1.29, 1.82) is 0 Å². The van der Waals surface area contributed by atoms with E-state index in [1.165, 1.54) is 37.6 Å². The predicted octanol–water partition coefficient (Wildman–Crippen LogP) is 2.54. The van der Waals surface area contributed by atoms with Gasteiger partial charge in [0.2, 0.25) is 0 Å². The summed E-state index contributed by atoms with van der Waals surface area (Å²) in [7, 11) is 0.747. The second kappa shape index (κ2) is 9.51. The van der Waals surface area contributed by atoms with Crippen LogP contribution in [0.3, 0.4) is 0 Å². The largest absolute Gasteiger partial charge is 0.496 e. The Labute approximate surface area is 187 Å². The Morgan fingerprint density at radius 3 is 2.28 bits per heavy atom. The van der Waals surface area contributed by atoms with Crippen molar-refractivity contribution in [1.82, 2.24) is 13.9 Å². The zero-order valence-electron chi connectivity index (χ0n) is 18.3. The van der Waals surface area contributed by atoms with Crippen molar-refractivity contribution in [3.63, 3.8) is 0 Å². The summed E-state index contributed by atoms with van der Waals surface area (Å²) in [5, 5.41) is 2.86. The highest BCUT2D eigenvalue weighted by Gasteiger charge is 2.40. The third-order valence-electron chi connectivity index (χ3n) is 5.88. The Balaban J connectivity index is 1.88. The highest BCUT2D eigenvalue weighted by molar-refractivity contribution is 7.86. The van der Waals surface area contributed by atoms with Gasteiger partial charge in [0, 0.05) is 45.2 Å². The summed E-state index contributed by atoms with van der Waals surface area (Å²) in [6.07, 6.45) is 0.574. The number of hydrogen-bond donors (Lipinski definition) is 1. The number of methoxy groups -OCH3 is 1. The molecule has 0 spiro atoms. The van der Waals surface area contributed by atoms with Crippen LogP contribution in [-0.2, 0) is 15.6 Å². The third kappa shape index (κ3) is 4.92. The molecule has 1 N–H and O–H groups in total. The maximum Gasteiger partial charge on any atom is 0.281 e. The van der Waals surface area contributed by atoms with Crippen LogP contribution in [0.2, 0.25) is 0 Å². The highest BCUT2D eigenvalue weighted by Crippen LogP contribution is 2.37. The minimum absolute atomic E-state index is 0.0859. The van der Waals surface area contributed by atoms with E-state index in [0.717, 1.165) is 10.4 Å². The van der Waals surface area contributed by atoms with E-state index in [9.17, 15) is 22.0 Å². The number of ether oxygens (including phenoxy) is 1. The molecule has 2 aromatic rings. The molecular weight excluding hydrogens is 440 g/mol. The minimum Gasteiger partial charge on any atom is -0.496 e. The molecule has 1 heterocycles. The number of carbonyl (C=O) groups excluding carboxylic acids is 1. The molecule has 0 bridgehead atoms. The number of carbonyl (C=O) groups is 1. The van der Waals surface area contributed by atoms with Gasteiger partial charge in [0.25, 0.3) is 16.1 Å². The molecule has 1 fully saturated rings. The molecule has 10 heteroatoms. The average Bonchev–Trinajstić information content (AvgIpc) is 2.77. The second-order valence-corrected chi connectivity index (χ2v) is 10.2.